The molecule has 5 nitrogen and oxygen atoms in total. The van der Waals surface area contributed by atoms with Gasteiger partial charge in [0.15, 0.2) is 5.16 Å². The average Bonchev–Trinajstić information content (AvgIpc) is 2.97. The second-order valence-electron chi connectivity index (χ2n) is 5.90. The topological polar surface area (TPSA) is 59.8 Å². The predicted molar refractivity (Wildman–Crippen MR) is 106 cm³/mol. The first kappa shape index (κ1) is 18.5. The van der Waals surface area contributed by atoms with E-state index in [0.29, 0.717) is 17.3 Å². The number of aromatic nitrogens is 3. The van der Waals surface area contributed by atoms with E-state index in [9.17, 15) is 4.79 Å². The lowest BCUT2D eigenvalue weighted by Gasteiger charge is -2.09. The van der Waals surface area contributed by atoms with Gasteiger partial charge in [-0.1, -0.05) is 59.8 Å². The lowest BCUT2D eigenvalue weighted by Crippen LogP contribution is -2.15. The Morgan fingerprint density at radius 1 is 1.15 bits per heavy atom. The van der Waals surface area contributed by atoms with Gasteiger partial charge < -0.3 is 9.88 Å². The normalized spacial score (nSPS) is 10.7. The number of amides is 1. The zero-order valence-electron chi connectivity index (χ0n) is 14.6. The van der Waals surface area contributed by atoms with Crippen LogP contribution in [-0.2, 0) is 11.3 Å². The van der Waals surface area contributed by atoms with Gasteiger partial charge in [0.05, 0.1) is 12.3 Å². The largest absolute Gasteiger partial charge is 0.325 e. The van der Waals surface area contributed by atoms with Gasteiger partial charge in [0, 0.05) is 10.7 Å². The molecule has 0 saturated heterocycles. The van der Waals surface area contributed by atoms with Gasteiger partial charge in [-0.25, -0.2) is 0 Å². The molecule has 1 N–H and O–H groups in total. The minimum absolute atomic E-state index is 0.109. The van der Waals surface area contributed by atoms with Crippen LogP contribution >= 0.6 is 23.4 Å². The number of carbonyl (C=O) groups is 1. The fourth-order valence-corrected chi connectivity index (χ4v) is 3.38. The van der Waals surface area contributed by atoms with E-state index in [1.165, 1.54) is 11.8 Å². The number of carbonyl (C=O) groups excluding carboxylic acids is 1. The lowest BCUT2D eigenvalue weighted by atomic mass is 10.2. The van der Waals surface area contributed by atoms with Crippen molar-refractivity contribution in [3.05, 3.63) is 70.5 Å². The van der Waals surface area contributed by atoms with Crippen LogP contribution in [0.1, 0.15) is 17.0 Å². The van der Waals surface area contributed by atoms with Gasteiger partial charge in [-0.15, -0.1) is 10.2 Å². The second kappa shape index (κ2) is 8.38. The van der Waals surface area contributed by atoms with Crippen LogP contribution < -0.4 is 5.32 Å². The molecular formula is C19H19ClN4OS. The zero-order valence-corrected chi connectivity index (χ0v) is 16.1. The molecule has 0 aliphatic heterocycles. The summed E-state index contributed by atoms with van der Waals surface area (Å²) in [4.78, 5) is 12.2. The molecule has 0 fully saturated rings. The molecule has 0 bridgehead atoms. The van der Waals surface area contributed by atoms with Gasteiger partial charge in [-0.2, -0.15) is 0 Å². The monoisotopic (exact) mass is 386 g/mol. The Labute approximate surface area is 161 Å². The van der Waals surface area contributed by atoms with Gasteiger partial charge in [0.1, 0.15) is 5.82 Å². The highest BCUT2D eigenvalue weighted by atomic mass is 35.5. The van der Waals surface area contributed by atoms with E-state index in [-0.39, 0.29) is 11.7 Å². The Kier molecular flexibility index (Phi) is 5.96. The summed E-state index contributed by atoms with van der Waals surface area (Å²) in [7, 11) is 0. The fraction of sp³-hybridized carbons (Fsp3) is 0.211. The molecule has 1 amide bonds. The zero-order chi connectivity index (χ0) is 18.5. The number of nitrogens with zero attached hydrogens (tertiary/aromatic N) is 3. The van der Waals surface area contributed by atoms with Crippen LogP contribution in [0.25, 0.3) is 0 Å². The molecule has 134 valence electrons. The van der Waals surface area contributed by atoms with Crippen molar-refractivity contribution in [1.82, 2.24) is 14.8 Å². The Hall–Kier alpha value is -2.31. The van der Waals surface area contributed by atoms with Crippen molar-refractivity contribution >= 4 is 35.0 Å². The number of halogens is 1. The van der Waals surface area contributed by atoms with Crippen molar-refractivity contribution in [3.8, 4) is 0 Å². The minimum Gasteiger partial charge on any atom is -0.325 e. The second-order valence-corrected chi connectivity index (χ2v) is 7.25. The van der Waals surface area contributed by atoms with E-state index in [2.05, 4.69) is 27.6 Å². The van der Waals surface area contributed by atoms with Gasteiger partial charge in [-0.05, 0) is 37.1 Å². The van der Waals surface area contributed by atoms with Crippen molar-refractivity contribution in [2.75, 3.05) is 11.1 Å². The standard InChI is InChI=1S/C19H19ClN4OS/c1-13-8-9-16(10-17(13)20)21-18(25)12-26-19-23-22-14(2)24(19)11-15-6-4-3-5-7-15/h3-10H,11-12H2,1-2H3,(H,21,25). The molecule has 1 heterocycles. The molecule has 0 atom stereocenters. The average molecular weight is 387 g/mol. The van der Waals surface area contributed by atoms with Gasteiger partial charge >= 0.3 is 0 Å². The number of rotatable bonds is 6. The third-order valence-corrected chi connectivity index (χ3v) is 5.25. The summed E-state index contributed by atoms with van der Waals surface area (Å²) >= 11 is 7.46. The van der Waals surface area contributed by atoms with E-state index >= 15 is 0 Å². The van der Waals surface area contributed by atoms with Crippen LogP contribution in [-0.4, -0.2) is 26.4 Å². The van der Waals surface area contributed by atoms with E-state index < -0.39 is 0 Å². The van der Waals surface area contributed by atoms with Crippen LogP contribution in [0.3, 0.4) is 0 Å². The molecule has 3 rings (SSSR count). The predicted octanol–water partition coefficient (Wildman–Crippen LogP) is 4.33. The van der Waals surface area contributed by atoms with Crippen molar-refractivity contribution in [2.24, 2.45) is 0 Å². The molecule has 0 unspecified atom stereocenters. The Morgan fingerprint density at radius 2 is 1.92 bits per heavy atom. The summed E-state index contributed by atoms with van der Waals surface area (Å²) in [5, 5.41) is 12.5. The molecule has 3 aromatic rings. The van der Waals surface area contributed by atoms with Crippen LogP contribution in [0.2, 0.25) is 5.02 Å². The Balaban J connectivity index is 1.62. The fourth-order valence-electron chi connectivity index (χ4n) is 2.41. The van der Waals surface area contributed by atoms with Crippen LogP contribution in [0.4, 0.5) is 5.69 Å². The maximum absolute atomic E-state index is 12.2. The number of aryl methyl sites for hydroxylation is 2. The van der Waals surface area contributed by atoms with Crippen molar-refractivity contribution in [2.45, 2.75) is 25.5 Å². The first-order valence-electron chi connectivity index (χ1n) is 8.15. The SMILES string of the molecule is Cc1ccc(NC(=O)CSc2nnc(C)n2Cc2ccccc2)cc1Cl. The maximum atomic E-state index is 12.2. The summed E-state index contributed by atoms with van der Waals surface area (Å²) in [5.74, 6) is 0.960. The van der Waals surface area contributed by atoms with Gasteiger partial charge in [0.25, 0.3) is 0 Å². The molecule has 7 heteroatoms. The molecule has 0 radical (unpaired) electrons. The molecule has 0 spiro atoms. The van der Waals surface area contributed by atoms with E-state index in [0.717, 1.165) is 22.1 Å². The number of thioether (sulfide) groups is 1. The molecule has 0 aliphatic carbocycles. The summed E-state index contributed by atoms with van der Waals surface area (Å²) in [6.07, 6.45) is 0. The van der Waals surface area contributed by atoms with Crippen LogP contribution in [0.5, 0.6) is 0 Å². The summed E-state index contributed by atoms with van der Waals surface area (Å²) in [6.45, 7) is 4.51. The molecule has 1 aromatic heterocycles. The molecular weight excluding hydrogens is 368 g/mol. The first-order valence-corrected chi connectivity index (χ1v) is 9.52. The van der Waals surface area contributed by atoms with Crippen molar-refractivity contribution in [3.63, 3.8) is 0 Å². The Morgan fingerprint density at radius 3 is 2.65 bits per heavy atom. The van der Waals surface area contributed by atoms with Crippen LogP contribution in [0, 0.1) is 13.8 Å². The third-order valence-electron chi connectivity index (χ3n) is 3.87. The number of anilines is 1. The lowest BCUT2D eigenvalue weighted by molar-refractivity contribution is -0.113. The number of nitrogens with one attached hydrogen (secondary N) is 1. The Bertz CT molecular complexity index is 911. The molecule has 2 aromatic carbocycles. The smallest absolute Gasteiger partial charge is 0.234 e. The maximum Gasteiger partial charge on any atom is 0.234 e. The van der Waals surface area contributed by atoms with Crippen molar-refractivity contribution < 1.29 is 4.79 Å². The first-order chi connectivity index (χ1) is 12.5. The minimum atomic E-state index is -0.109. The quantitative estimate of drug-likeness (QED) is 0.640. The summed E-state index contributed by atoms with van der Waals surface area (Å²) in [6, 6.07) is 15.6. The highest BCUT2D eigenvalue weighted by Crippen LogP contribution is 2.22. The molecule has 26 heavy (non-hydrogen) atoms. The summed E-state index contributed by atoms with van der Waals surface area (Å²) < 4.78 is 2.01. The van der Waals surface area contributed by atoms with E-state index in [1.54, 1.807) is 6.07 Å². The number of benzene rings is 2. The number of hydrogen-bond acceptors (Lipinski definition) is 4. The third kappa shape index (κ3) is 4.65. The van der Waals surface area contributed by atoms with Gasteiger partial charge in [0.2, 0.25) is 5.91 Å². The highest BCUT2D eigenvalue weighted by Gasteiger charge is 2.12. The van der Waals surface area contributed by atoms with E-state index in [4.69, 9.17) is 11.6 Å². The molecule has 0 aliphatic rings. The van der Waals surface area contributed by atoms with Gasteiger partial charge in [-0.3, -0.25) is 4.79 Å². The van der Waals surface area contributed by atoms with Crippen LogP contribution in [0.15, 0.2) is 53.7 Å². The van der Waals surface area contributed by atoms with Crippen molar-refractivity contribution in [1.29, 1.82) is 0 Å². The van der Waals surface area contributed by atoms with E-state index in [1.807, 2.05) is 48.7 Å². The highest BCUT2D eigenvalue weighted by molar-refractivity contribution is 7.99. The molecule has 0 saturated carbocycles. The number of hydrogen-bond donors (Lipinski definition) is 1. The summed E-state index contributed by atoms with van der Waals surface area (Å²) in [5.41, 5.74) is 2.83.